The molecule has 0 spiro atoms. The molecule has 156 valence electrons. The molecule has 0 fully saturated rings. The van der Waals surface area contributed by atoms with Crippen molar-refractivity contribution in [2.75, 3.05) is 19.6 Å². The Kier molecular flexibility index (Phi) is 6.41. The standard InChI is InChI=1S/C21H22N4O5/c1-14-5-2-3-6-15(14)9-11-23-21(28)22-10-4-12-24-19(26)17-8-7-16(25(29)30)13-18(17)20(24)27/h2-3,5-8,13H,4,9-12H2,1H3,(H2,22,23,28). The number of nitrogens with one attached hydrogen (secondary N) is 2. The van der Waals surface area contributed by atoms with Gasteiger partial charge in [0.15, 0.2) is 0 Å². The predicted molar refractivity (Wildman–Crippen MR) is 109 cm³/mol. The van der Waals surface area contributed by atoms with Crippen LogP contribution in [-0.2, 0) is 6.42 Å². The van der Waals surface area contributed by atoms with Crippen molar-refractivity contribution >= 4 is 23.5 Å². The van der Waals surface area contributed by atoms with Gasteiger partial charge in [0, 0.05) is 31.8 Å². The topological polar surface area (TPSA) is 122 Å². The fraction of sp³-hybridized carbons (Fsp3) is 0.286. The van der Waals surface area contributed by atoms with Gasteiger partial charge in [-0.15, -0.1) is 0 Å². The van der Waals surface area contributed by atoms with E-state index in [2.05, 4.69) is 10.6 Å². The van der Waals surface area contributed by atoms with Gasteiger partial charge in [0.2, 0.25) is 0 Å². The maximum absolute atomic E-state index is 12.4. The summed E-state index contributed by atoms with van der Waals surface area (Å²) in [5, 5.41) is 16.3. The second-order valence-corrected chi connectivity index (χ2v) is 6.96. The number of non-ortho nitro benzene ring substituents is 1. The lowest BCUT2D eigenvalue weighted by molar-refractivity contribution is -0.384. The average Bonchev–Trinajstić information content (AvgIpc) is 2.96. The van der Waals surface area contributed by atoms with Crippen LogP contribution in [-0.4, -0.2) is 47.3 Å². The van der Waals surface area contributed by atoms with Crippen molar-refractivity contribution in [3.8, 4) is 0 Å². The van der Waals surface area contributed by atoms with Crippen LogP contribution in [0.2, 0.25) is 0 Å². The summed E-state index contributed by atoms with van der Waals surface area (Å²) in [5.41, 5.74) is 2.30. The Bertz CT molecular complexity index is 1000. The van der Waals surface area contributed by atoms with Gasteiger partial charge in [-0.1, -0.05) is 24.3 Å². The molecule has 1 heterocycles. The first-order valence-corrected chi connectivity index (χ1v) is 9.59. The quantitative estimate of drug-likeness (QED) is 0.300. The van der Waals surface area contributed by atoms with Crippen molar-refractivity contribution in [3.63, 3.8) is 0 Å². The van der Waals surface area contributed by atoms with Crippen LogP contribution in [0.3, 0.4) is 0 Å². The largest absolute Gasteiger partial charge is 0.338 e. The first-order valence-electron chi connectivity index (χ1n) is 9.59. The monoisotopic (exact) mass is 410 g/mol. The maximum Gasteiger partial charge on any atom is 0.314 e. The molecule has 2 aromatic rings. The van der Waals surface area contributed by atoms with E-state index >= 15 is 0 Å². The van der Waals surface area contributed by atoms with E-state index < -0.39 is 16.7 Å². The number of aryl methyl sites for hydroxylation is 1. The Balaban J connectivity index is 1.41. The van der Waals surface area contributed by atoms with Crippen LogP contribution in [0.1, 0.15) is 38.3 Å². The average molecular weight is 410 g/mol. The van der Waals surface area contributed by atoms with Crippen LogP contribution in [0, 0.1) is 17.0 Å². The first kappa shape index (κ1) is 21.0. The molecule has 0 unspecified atom stereocenters. The van der Waals surface area contributed by atoms with Crippen molar-refractivity contribution in [2.24, 2.45) is 0 Å². The normalized spacial score (nSPS) is 12.6. The summed E-state index contributed by atoms with van der Waals surface area (Å²) in [6, 6.07) is 11.3. The molecule has 2 N–H and O–H groups in total. The Labute approximate surface area is 173 Å². The van der Waals surface area contributed by atoms with E-state index in [0.29, 0.717) is 13.0 Å². The van der Waals surface area contributed by atoms with Crippen LogP contribution < -0.4 is 10.6 Å². The minimum absolute atomic E-state index is 0.0381. The highest BCUT2D eigenvalue weighted by Crippen LogP contribution is 2.26. The second kappa shape index (κ2) is 9.17. The SMILES string of the molecule is Cc1ccccc1CCNC(=O)NCCCN1C(=O)c2ccc([N+](=O)[O-])cc2C1=O. The van der Waals surface area contributed by atoms with Crippen molar-refractivity contribution in [1.29, 1.82) is 0 Å². The third kappa shape index (κ3) is 4.62. The molecule has 0 radical (unpaired) electrons. The molecule has 9 nitrogen and oxygen atoms in total. The highest BCUT2D eigenvalue weighted by atomic mass is 16.6. The molecule has 0 atom stereocenters. The van der Waals surface area contributed by atoms with Crippen molar-refractivity contribution in [2.45, 2.75) is 19.8 Å². The molecule has 1 aliphatic rings. The molecule has 9 heteroatoms. The van der Waals surface area contributed by atoms with E-state index in [-0.39, 0.29) is 35.9 Å². The van der Waals surface area contributed by atoms with Gasteiger partial charge in [-0.2, -0.15) is 0 Å². The van der Waals surface area contributed by atoms with Crippen LogP contribution in [0.5, 0.6) is 0 Å². The zero-order valence-corrected chi connectivity index (χ0v) is 16.5. The minimum Gasteiger partial charge on any atom is -0.338 e. The molecule has 0 saturated carbocycles. The van der Waals surface area contributed by atoms with Gasteiger partial charge in [-0.25, -0.2) is 4.79 Å². The van der Waals surface area contributed by atoms with E-state index in [0.717, 1.165) is 17.4 Å². The number of carbonyl (C=O) groups is 3. The number of hydrogen-bond acceptors (Lipinski definition) is 5. The third-order valence-corrected chi connectivity index (χ3v) is 4.95. The zero-order chi connectivity index (χ0) is 21.7. The Morgan fingerprint density at radius 1 is 1.03 bits per heavy atom. The fourth-order valence-corrected chi connectivity index (χ4v) is 3.30. The van der Waals surface area contributed by atoms with Gasteiger partial charge in [-0.3, -0.25) is 24.6 Å². The molecule has 1 aliphatic heterocycles. The summed E-state index contributed by atoms with van der Waals surface area (Å²) in [4.78, 5) is 47.9. The molecule has 0 saturated heterocycles. The van der Waals surface area contributed by atoms with E-state index in [4.69, 9.17) is 0 Å². The predicted octanol–water partition coefficient (Wildman–Crippen LogP) is 2.43. The molecule has 0 aromatic heterocycles. The summed E-state index contributed by atoms with van der Waals surface area (Å²) < 4.78 is 0. The van der Waals surface area contributed by atoms with Gasteiger partial charge >= 0.3 is 6.03 Å². The number of carbonyl (C=O) groups excluding carboxylic acids is 3. The lowest BCUT2D eigenvalue weighted by atomic mass is 10.1. The van der Waals surface area contributed by atoms with Crippen LogP contribution in [0.25, 0.3) is 0 Å². The van der Waals surface area contributed by atoms with Gasteiger partial charge in [-0.05, 0) is 37.0 Å². The van der Waals surface area contributed by atoms with Crippen molar-refractivity contribution in [3.05, 3.63) is 74.8 Å². The van der Waals surface area contributed by atoms with Crippen LogP contribution in [0.4, 0.5) is 10.5 Å². The van der Waals surface area contributed by atoms with E-state index in [1.807, 2.05) is 31.2 Å². The van der Waals surface area contributed by atoms with Crippen molar-refractivity contribution < 1.29 is 19.3 Å². The number of nitrogens with zero attached hydrogens (tertiary/aromatic N) is 2. The maximum atomic E-state index is 12.4. The van der Waals surface area contributed by atoms with E-state index in [9.17, 15) is 24.5 Å². The molecule has 2 aromatic carbocycles. The Morgan fingerprint density at radius 3 is 2.47 bits per heavy atom. The summed E-state index contributed by atoms with van der Waals surface area (Å²) >= 11 is 0. The number of imide groups is 1. The highest BCUT2D eigenvalue weighted by Gasteiger charge is 2.36. The molecule has 30 heavy (non-hydrogen) atoms. The van der Waals surface area contributed by atoms with E-state index in [1.165, 1.54) is 23.3 Å². The Hall–Kier alpha value is -3.75. The molecule has 3 rings (SSSR count). The number of rotatable bonds is 8. The zero-order valence-electron chi connectivity index (χ0n) is 16.5. The number of nitro benzene ring substituents is 1. The molecule has 0 aliphatic carbocycles. The number of amides is 4. The summed E-state index contributed by atoms with van der Waals surface area (Å²) in [6.45, 7) is 2.91. The van der Waals surface area contributed by atoms with Gasteiger partial charge in [0.05, 0.1) is 16.1 Å². The summed E-state index contributed by atoms with van der Waals surface area (Å²) in [5.74, 6) is -1.03. The molecular formula is C21H22N4O5. The number of urea groups is 1. The third-order valence-electron chi connectivity index (χ3n) is 4.95. The highest BCUT2D eigenvalue weighted by molar-refractivity contribution is 6.21. The number of fused-ring (bicyclic) bond motifs is 1. The summed E-state index contributed by atoms with van der Waals surface area (Å²) in [6.07, 6.45) is 1.10. The fourth-order valence-electron chi connectivity index (χ4n) is 3.30. The van der Waals surface area contributed by atoms with Gasteiger partial charge < -0.3 is 10.6 Å². The van der Waals surface area contributed by atoms with Gasteiger partial charge in [0.1, 0.15) is 0 Å². The first-order chi connectivity index (χ1) is 14.4. The van der Waals surface area contributed by atoms with Gasteiger partial charge in [0.25, 0.3) is 17.5 Å². The van der Waals surface area contributed by atoms with Crippen molar-refractivity contribution in [1.82, 2.24) is 15.5 Å². The second-order valence-electron chi connectivity index (χ2n) is 6.96. The number of nitro groups is 1. The molecule has 4 amide bonds. The minimum atomic E-state index is -0.609. The summed E-state index contributed by atoms with van der Waals surface area (Å²) in [7, 11) is 0. The lowest BCUT2D eigenvalue weighted by Crippen LogP contribution is -2.39. The molecular weight excluding hydrogens is 388 g/mol. The number of benzene rings is 2. The number of hydrogen-bond donors (Lipinski definition) is 2. The van der Waals surface area contributed by atoms with E-state index in [1.54, 1.807) is 0 Å². The Morgan fingerprint density at radius 2 is 1.73 bits per heavy atom. The lowest BCUT2D eigenvalue weighted by Gasteiger charge is -2.14. The van der Waals surface area contributed by atoms with Crippen LogP contribution >= 0.6 is 0 Å². The smallest absolute Gasteiger partial charge is 0.314 e. The van der Waals surface area contributed by atoms with Crippen LogP contribution in [0.15, 0.2) is 42.5 Å². The molecule has 0 bridgehead atoms.